The van der Waals surface area contributed by atoms with Crippen LogP contribution in [-0.2, 0) is 0 Å². The molecule has 4 aromatic rings. The third-order valence-corrected chi connectivity index (χ3v) is 6.18. The van der Waals surface area contributed by atoms with Gasteiger partial charge in [0.2, 0.25) is 0 Å². The Morgan fingerprint density at radius 2 is 1.96 bits per heavy atom. The summed E-state index contributed by atoms with van der Waals surface area (Å²) in [6.07, 6.45) is 3.99. The Morgan fingerprint density at radius 3 is 2.78 bits per heavy atom. The molecule has 2 aromatic carbocycles. The van der Waals surface area contributed by atoms with Crippen molar-refractivity contribution in [2.45, 2.75) is 19.8 Å². The molecule has 3 heterocycles. The number of rotatable bonds is 2. The Balaban J connectivity index is 1.65. The number of imidazole rings is 1. The third kappa shape index (κ3) is 2.63. The molecule has 0 saturated carbocycles. The van der Waals surface area contributed by atoms with Gasteiger partial charge < -0.3 is 4.90 Å². The summed E-state index contributed by atoms with van der Waals surface area (Å²) in [4.78, 5) is 20.2. The Kier molecular flexibility index (Phi) is 3.75. The quantitative estimate of drug-likeness (QED) is 0.535. The second-order valence-corrected chi connectivity index (χ2v) is 8.00. The Hall–Kier alpha value is -2.73. The number of thiazole rings is 1. The van der Waals surface area contributed by atoms with Crippen LogP contribution in [0, 0.1) is 12.7 Å². The van der Waals surface area contributed by atoms with Gasteiger partial charge >= 0.3 is 0 Å². The first kappa shape index (κ1) is 16.4. The molecule has 0 atom stereocenters. The molecule has 0 N–H and O–H groups in total. The van der Waals surface area contributed by atoms with Crippen LogP contribution in [0.4, 0.5) is 10.1 Å². The smallest absolute Gasteiger partial charge is 0.274 e. The molecule has 0 unspecified atom stereocenters. The number of hydrogen-bond donors (Lipinski definition) is 0. The molecule has 1 aliphatic rings. The summed E-state index contributed by atoms with van der Waals surface area (Å²) in [5.74, 6) is -0.229. The first-order chi connectivity index (χ1) is 13.1. The summed E-state index contributed by atoms with van der Waals surface area (Å²) in [6, 6.07) is 11.0. The van der Waals surface area contributed by atoms with Gasteiger partial charge in [0.25, 0.3) is 5.56 Å². The lowest BCUT2D eigenvalue weighted by atomic mass is 10.1. The van der Waals surface area contributed by atoms with Crippen molar-refractivity contribution in [3.63, 3.8) is 0 Å². The molecule has 0 bridgehead atoms. The highest BCUT2D eigenvalue weighted by molar-refractivity contribution is 7.15. The van der Waals surface area contributed by atoms with Crippen LogP contribution in [-0.4, -0.2) is 22.5 Å². The highest BCUT2D eigenvalue weighted by atomic mass is 32.1. The maximum absolute atomic E-state index is 14.7. The Labute approximate surface area is 159 Å². The Bertz CT molecular complexity index is 1280. The van der Waals surface area contributed by atoms with Crippen molar-refractivity contribution in [2.24, 2.45) is 0 Å². The van der Waals surface area contributed by atoms with Gasteiger partial charge in [-0.1, -0.05) is 23.5 Å². The predicted molar refractivity (Wildman–Crippen MR) is 108 cm³/mol. The summed E-state index contributed by atoms with van der Waals surface area (Å²) in [5, 5.41) is 0. The maximum Gasteiger partial charge on any atom is 0.274 e. The van der Waals surface area contributed by atoms with E-state index in [0.29, 0.717) is 15.2 Å². The second-order valence-electron chi connectivity index (χ2n) is 6.99. The van der Waals surface area contributed by atoms with Crippen molar-refractivity contribution >= 4 is 39.1 Å². The monoisotopic (exact) mass is 379 g/mol. The van der Waals surface area contributed by atoms with Gasteiger partial charge in [-0.25, -0.2) is 13.8 Å². The average molecular weight is 379 g/mol. The molecule has 136 valence electrons. The standard InChI is InChI=1S/C21H18FN3OS/c1-13-10-18(24-8-4-5-9-24)15(22)11-14(13)12-19-20(26)25-17-7-3-2-6-16(17)23-21(25)27-19/h2-3,6-7,10-12H,4-5,8-9H2,1H3. The molecule has 6 heteroatoms. The van der Waals surface area contributed by atoms with Crippen molar-refractivity contribution < 1.29 is 4.39 Å². The van der Waals surface area contributed by atoms with Gasteiger partial charge in [0.05, 0.1) is 21.3 Å². The lowest BCUT2D eigenvalue weighted by molar-refractivity contribution is 0.622. The molecule has 27 heavy (non-hydrogen) atoms. The number of para-hydroxylation sites is 2. The van der Waals surface area contributed by atoms with Gasteiger partial charge in [-0.15, -0.1) is 0 Å². The van der Waals surface area contributed by atoms with Gasteiger partial charge in [0.15, 0.2) is 4.96 Å². The van der Waals surface area contributed by atoms with E-state index in [1.165, 1.54) is 11.3 Å². The van der Waals surface area contributed by atoms with Crippen molar-refractivity contribution in [1.82, 2.24) is 9.38 Å². The van der Waals surface area contributed by atoms with Crippen molar-refractivity contribution in [3.8, 4) is 0 Å². The van der Waals surface area contributed by atoms with E-state index in [2.05, 4.69) is 9.88 Å². The van der Waals surface area contributed by atoms with E-state index >= 15 is 0 Å². The summed E-state index contributed by atoms with van der Waals surface area (Å²) in [6.45, 7) is 3.77. The van der Waals surface area contributed by atoms with Crippen molar-refractivity contribution in [1.29, 1.82) is 0 Å². The molecule has 0 radical (unpaired) electrons. The zero-order chi connectivity index (χ0) is 18.5. The lowest BCUT2D eigenvalue weighted by Gasteiger charge is -2.19. The van der Waals surface area contributed by atoms with Crippen LogP contribution in [0.25, 0.3) is 22.1 Å². The van der Waals surface area contributed by atoms with Crippen LogP contribution in [0.1, 0.15) is 24.0 Å². The van der Waals surface area contributed by atoms with E-state index < -0.39 is 0 Å². The second kappa shape index (κ2) is 6.16. The van der Waals surface area contributed by atoms with E-state index in [4.69, 9.17) is 0 Å². The number of anilines is 1. The molecular weight excluding hydrogens is 361 g/mol. The fourth-order valence-electron chi connectivity index (χ4n) is 3.79. The number of halogens is 1. The average Bonchev–Trinajstić information content (AvgIpc) is 3.36. The maximum atomic E-state index is 14.7. The summed E-state index contributed by atoms with van der Waals surface area (Å²) in [7, 11) is 0. The fraction of sp³-hybridized carbons (Fsp3) is 0.238. The Morgan fingerprint density at radius 1 is 1.19 bits per heavy atom. The first-order valence-corrected chi connectivity index (χ1v) is 9.90. The van der Waals surface area contributed by atoms with E-state index in [0.717, 1.165) is 48.1 Å². The molecule has 1 aliphatic heterocycles. The number of nitrogens with zero attached hydrogens (tertiary/aromatic N) is 3. The summed E-state index contributed by atoms with van der Waals surface area (Å²) >= 11 is 1.34. The molecule has 1 saturated heterocycles. The van der Waals surface area contributed by atoms with Crippen LogP contribution >= 0.6 is 11.3 Å². The highest BCUT2D eigenvalue weighted by Gasteiger charge is 2.17. The lowest BCUT2D eigenvalue weighted by Crippen LogP contribution is -2.23. The number of aromatic nitrogens is 2. The molecule has 1 fully saturated rings. The highest BCUT2D eigenvalue weighted by Crippen LogP contribution is 2.27. The minimum atomic E-state index is -0.229. The van der Waals surface area contributed by atoms with Gasteiger partial charge in [-0.05, 0) is 61.2 Å². The van der Waals surface area contributed by atoms with E-state index in [1.54, 1.807) is 16.5 Å². The number of fused-ring (bicyclic) bond motifs is 3. The van der Waals surface area contributed by atoms with Crippen LogP contribution in [0.15, 0.2) is 41.2 Å². The zero-order valence-corrected chi connectivity index (χ0v) is 15.7. The van der Waals surface area contributed by atoms with Crippen molar-refractivity contribution in [3.05, 3.63) is 68.2 Å². The van der Waals surface area contributed by atoms with Crippen LogP contribution < -0.4 is 15.0 Å². The normalized spacial score (nSPS) is 15.5. The number of benzene rings is 2. The fourth-order valence-corrected chi connectivity index (χ4v) is 4.77. The van der Waals surface area contributed by atoms with Gasteiger partial charge in [0.1, 0.15) is 5.82 Å². The minimum Gasteiger partial charge on any atom is -0.369 e. The molecule has 0 amide bonds. The van der Waals surface area contributed by atoms with Crippen LogP contribution in [0.5, 0.6) is 0 Å². The van der Waals surface area contributed by atoms with E-state index in [9.17, 15) is 9.18 Å². The van der Waals surface area contributed by atoms with Gasteiger partial charge in [0, 0.05) is 13.1 Å². The van der Waals surface area contributed by atoms with Gasteiger partial charge in [-0.3, -0.25) is 4.79 Å². The first-order valence-electron chi connectivity index (χ1n) is 9.08. The molecular formula is C21H18FN3OS. The molecule has 5 rings (SSSR count). The molecule has 2 aromatic heterocycles. The van der Waals surface area contributed by atoms with Crippen LogP contribution in [0.2, 0.25) is 0 Å². The molecule has 0 aliphatic carbocycles. The predicted octanol–water partition coefficient (Wildman–Crippen LogP) is 3.50. The summed E-state index contributed by atoms with van der Waals surface area (Å²) < 4.78 is 16.9. The zero-order valence-electron chi connectivity index (χ0n) is 14.9. The topological polar surface area (TPSA) is 37.6 Å². The number of hydrogen-bond acceptors (Lipinski definition) is 4. The van der Waals surface area contributed by atoms with Crippen LogP contribution in [0.3, 0.4) is 0 Å². The van der Waals surface area contributed by atoms with Crippen molar-refractivity contribution in [2.75, 3.05) is 18.0 Å². The minimum absolute atomic E-state index is 0.105. The third-order valence-electron chi connectivity index (χ3n) is 5.21. The molecule has 4 nitrogen and oxygen atoms in total. The SMILES string of the molecule is Cc1cc(N2CCCC2)c(F)cc1C=c1sc2nc3ccccc3n2c1=O. The van der Waals surface area contributed by atoms with E-state index in [1.807, 2.05) is 37.3 Å². The molecule has 0 spiro atoms. The summed E-state index contributed by atoms with van der Waals surface area (Å²) in [5.41, 5.74) is 3.88. The number of aryl methyl sites for hydroxylation is 1. The van der Waals surface area contributed by atoms with E-state index in [-0.39, 0.29) is 11.4 Å². The largest absolute Gasteiger partial charge is 0.369 e. The van der Waals surface area contributed by atoms with Gasteiger partial charge in [-0.2, -0.15) is 0 Å².